The van der Waals surface area contributed by atoms with Crippen LogP contribution in [0.25, 0.3) is 0 Å². The Kier molecular flexibility index (Phi) is 21.6. The van der Waals surface area contributed by atoms with E-state index in [2.05, 4.69) is 20.8 Å². The van der Waals surface area contributed by atoms with E-state index in [1.807, 2.05) is 121 Å². The van der Waals surface area contributed by atoms with Crippen molar-refractivity contribution in [3.8, 4) is 0 Å². The fourth-order valence-electron chi connectivity index (χ4n) is 7.87. The van der Waals surface area contributed by atoms with Crippen LogP contribution >= 0.6 is 0 Å². The largest absolute Gasteiger partial charge is 0.458 e. The molecule has 0 aromatic carbocycles. The highest BCUT2D eigenvalue weighted by molar-refractivity contribution is 5.98. The van der Waals surface area contributed by atoms with Crippen molar-refractivity contribution in [2.75, 3.05) is 6.61 Å². The van der Waals surface area contributed by atoms with Crippen LogP contribution in [0.5, 0.6) is 0 Å². The van der Waals surface area contributed by atoms with Crippen LogP contribution in [0, 0.1) is 10.8 Å². The fourth-order valence-corrected chi connectivity index (χ4v) is 7.87. The predicted octanol–water partition coefficient (Wildman–Crippen LogP) is 12.1. The standard InChI is InChI=1S/C52H76O6/c1-11-12-13-14-15-16-17-18-19-30-49(56)58-38-44(48(55)35-47-42(5)33-45(53)36-50(47,7)8)29-23-28-40(3)25-21-20-24-39(2)26-22-27-41(4)31-32-52(57)43(6)34-46(54)37-51(52,9)10/h19-32,34,45-46,53-54,57H,11-18,33,35-38H2,1-10H3/b21-20+,26-22+,28-23+,30-19+,32-31+,39-24+,40-25+,41-27+,44-29+/t45-,46+,52?/m1/s1. The molecule has 6 heteroatoms. The van der Waals surface area contributed by atoms with E-state index in [0.717, 1.165) is 52.7 Å². The lowest BCUT2D eigenvalue weighted by Crippen LogP contribution is -2.48. The molecule has 0 radical (unpaired) electrons. The number of ether oxygens (including phenoxy) is 1. The Hall–Kier alpha value is -3.84. The van der Waals surface area contributed by atoms with Crippen molar-refractivity contribution in [3.63, 3.8) is 0 Å². The number of ketones is 1. The van der Waals surface area contributed by atoms with Crippen LogP contribution < -0.4 is 0 Å². The summed E-state index contributed by atoms with van der Waals surface area (Å²) in [6, 6.07) is 0. The van der Waals surface area contributed by atoms with Crippen LogP contribution in [0.1, 0.15) is 146 Å². The van der Waals surface area contributed by atoms with Crippen LogP contribution in [0.3, 0.4) is 0 Å². The summed E-state index contributed by atoms with van der Waals surface area (Å²) >= 11 is 0. The number of carbonyl (C=O) groups excluding carboxylic acids is 2. The van der Waals surface area contributed by atoms with Crippen LogP contribution in [0.2, 0.25) is 0 Å². The second-order valence-electron chi connectivity index (χ2n) is 17.9. The Morgan fingerprint density at radius 3 is 1.95 bits per heavy atom. The molecule has 2 aliphatic rings. The van der Waals surface area contributed by atoms with Gasteiger partial charge in [-0.1, -0.05) is 180 Å². The van der Waals surface area contributed by atoms with Gasteiger partial charge in [0.25, 0.3) is 0 Å². The second-order valence-corrected chi connectivity index (χ2v) is 17.9. The molecule has 3 atom stereocenters. The van der Waals surface area contributed by atoms with Gasteiger partial charge in [0.1, 0.15) is 12.2 Å². The lowest BCUT2D eigenvalue weighted by atomic mass is 9.64. The molecule has 1 unspecified atom stereocenters. The summed E-state index contributed by atoms with van der Waals surface area (Å²) in [5.41, 5.74) is 4.46. The van der Waals surface area contributed by atoms with Gasteiger partial charge < -0.3 is 20.1 Å². The van der Waals surface area contributed by atoms with E-state index < -0.39 is 29.2 Å². The number of aliphatic hydroxyl groups excluding tert-OH is 2. The van der Waals surface area contributed by atoms with Crippen molar-refractivity contribution >= 4 is 11.8 Å². The Morgan fingerprint density at radius 2 is 1.34 bits per heavy atom. The molecule has 0 saturated carbocycles. The molecule has 2 rings (SSSR count). The fraction of sp³-hybridized carbons (Fsp3) is 0.538. The number of carbonyl (C=O) groups is 2. The minimum absolute atomic E-state index is 0.0851. The first kappa shape index (κ1) is 50.3. The van der Waals surface area contributed by atoms with E-state index in [1.165, 1.54) is 38.2 Å². The van der Waals surface area contributed by atoms with E-state index in [9.17, 15) is 24.9 Å². The molecule has 6 nitrogen and oxygen atoms in total. The minimum atomic E-state index is -1.11. The van der Waals surface area contributed by atoms with E-state index >= 15 is 0 Å². The highest BCUT2D eigenvalue weighted by Gasteiger charge is 2.46. The van der Waals surface area contributed by atoms with Crippen LogP contribution in [0.4, 0.5) is 0 Å². The number of unbranched alkanes of at least 4 members (excludes halogenated alkanes) is 7. The molecule has 0 spiro atoms. The Bertz CT molecular complexity index is 1710. The quantitative estimate of drug-likeness (QED) is 0.0331. The molecular weight excluding hydrogens is 721 g/mol. The van der Waals surface area contributed by atoms with Gasteiger partial charge >= 0.3 is 5.97 Å². The number of hydrogen-bond acceptors (Lipinski definition) is 6. The second kappa shape index (κ2) is 24.9. The summed E-state index contributed by atoms with van der Waals surface area (Å²) in [6.07, 6.45) is 38.6. The number of rotatable bonds is 22. The Labute approximate surface area is 352 Å². The number of Topliss-reactive ketones (excluding diaryl/α,β-unsaturated/α-hetero) is 1. The monoisotopic (exact) mass is 797 g/mol. The normalized spacial score (nSPS) is 23.6. The van der Waals surface area contributed by atoms with Crippen LogP contribution in [-0.2, 0) is 14.3 Å². The lowest BCUT2D eigenvalue weighted by molar-refractivity contribution is -0.137. The van der Waals surface area contributed by atoms with Gasteiger partial charge in [0, 0.05) is 23.5 Å². The molecule has 0 fully saturated rings. The maximum atomic E-state index is 13.7. The average molecular weight is 797 g/mol. The maximum Gasteiger partial charge on any atom is 0.330 e. The molecule has 0 amide bonds. The molecule has 58 heavy (non-hydrogen) atoms. The van der Waals surface area contributed by atoms with Crippen LogP contribution in [-0.4, -0.2) is 51.5 Å². The summed E-state index contributed by atoms with van der Waals surface area (Å²) in [4.78, 5) is 26.3. The summed E-state index contributed by atoms with van der Waals surface area (Å²) in [7, 11) is 0. The number of aliphatic hydroxyl groups is 3. The first-order valence-corrected chi connectivity index (χ1v) is 21.6. The van der Waals surface area contributed by atoms with E-state index in [0.29, 0.717) is 24.8 Å². The number of esters is 1. The third-order valence-corrected chi connectivity index (χ3v) is 11.5. The summed E-state index contributed by atoms with van der Waals surface area (Å²) < 4.78 is 5.57. The van der Waals surface area contributed by atoms with Crippen molar-refractivity contribution in [1.82, 2.24) is 0 Å². The van der Waals surface area contributed by atoms with Gasteiger partial charge in [0.05, 0.1) is 12.2 Å². The van der Waals surface area contributed by atoms with Gasteiger partial charge in [-0.15, -0.1) is 0 Å². The molecule has 0 heterocycles. The third-order valence-electron chi connectivity index (χ3n) is 11.5. The van der Waals surface area contributed by atoms with Crippen LogP contribution in [0.15, 0.2) is 130 Å². The highest BCUT2D eigenvalue weighted by atomic mass is 16.5. The van der Waals surface area contributed by atoms with Gasteiger partial charge in [-0.3, -0.25) is 4.79 Å². The molecule has 2 aliphatic carbocycles. The summed E-state index contributed by atoms with van der Waals surface area (Å²) in [5, 5.41) is 31.9. The van der Waals surface area contributed by atoms with Gasteiger partial charge in [0.2, 0.25) is 0 Å². The zero-order valence-electron chi connectivity index (χ0n) is 37.6. The van der Waals surface area contributed by atoms with Crippen molar-refractivity contribution in [3.05, 3.63) is 130 Å². The first-order valence-electron chi connectivity index (χ1n) is 21.6. The maximum absolute atomic E-state index is 13.7. The molecule has 0 saturated heterocycles. The van der Waals surface area contributed by atoms with Crippen molar-refractivity contribution < 1.29 is 29.6 Å². The predicted molar refractivity (Wildman–Crippen MR) is 243 cm³/mol. The molecule has 0 aromatic heterocycles. The van der Waals surface area contributed by atoms with E-state index in [-0.39, 0.29) is 24.2 Å². The van der Waals surface area contributed by atoms with Crippen molar-refractivity contribution in [1.29, 1.82) is 0 Å². The summed E-state index contributed by atoms with van der Waals surface area (Å²) in [5.74, 6) is -0.532. The van der Waals surface area contributed by atoms with Gasteiger partial charge in [-0.05, 0) is 83.8 Å². The van der Waals surface area contributed by atoms with Crippen molar-refractivity contribution in [2.45, 2.75) is 164 Å². The highest BCUT2D eigenvalue weighted by Crippen LogP contribution is 2.45. The third kappa shape index (κ3) is 17.6. The smallest absolute Gasteiger partial charge is 0.330 e. The molecule has 320 valence electrons. The Morgan fingerprint density at radius 1 is 0.776 bits per heavy atom. The summed E-state index contributed by atoms with van der Waals surface area (Å²) in [6.45, 7) is 20.1. The SMILES string of the molecule is CCCCCCCCC/C=C/C(=O)OC\C(=C/C=C/C(C)=C/C=C/C=C(C)/C=C/C=C(C)/C=C/C1(O)C(C)=C[C@H](O)CC1(C)C)C(=O)CC1=C(C)C[C@@H](O)CC1(C)C. The minimum Gasteiger partial charge on any atom is -0.458 e. The van der Waals surface area contributed by atoms with Crippen molar-refractivity contribution in [2.24, 2.45) is 10.8 Å². The molecule has 0 bridgehead atoms. The number of hydrogen-bond donors (Lipinski definition) is 3. The molecule has 0 aliphatic heterocycles. The first-order chi connectivity index (χ1) is 27.3. The van der Waals surface area contributed by atoms with E-state index in [4.69, 9.17) is 4.74 Å². The molecule has 3 N–H and O–H groups in total. The zero-order chi connectivity index (χ0) is 43.4. The number of allylic oxidation sites excluding steroid dienone is 16. The Balaban J connectivity index is 2.07. The lowest BCUT2D eigenvalue weighted by Gasteiger charge is -2.46. The average Bonchev–Trinajstić information content (AvgIpc) is 3.13. The van der Waals surface area contributed by atoms with E-state index in [1.54, 1.807) is 12.2 Å². The van der Waals surface area contributed by atoms with Gasteiger partial charge in [-0.2, -0.15) is 0 Å². The van der Waals surface area contributed by atoms with Gasteiger partial charge in [0.15, 0.2) is 5.78 Å². The molecular formula is C52H76O6. The molecule has 0 aromatic rings. The topological polar surface area (TPSA) is 104 Å². The van der Waals surface area contributed by atoms with Gasteiger partial charge in [-0.25, -0.2) is 4.79 Å². The zero-order valence-corrected chi connectivity index (χ0v) is 37.6.